The van der Waals surface area contributed by atoms with Crippen LogP contribution in [0.25, 0.3) is 10.8 Å². The van der Waals surface area contributed by atoms with Crippen molar-refractivity contribution in [3.63, 3.8) is 0 Å². The zero-order valence-electron chi connectivity index (χ0n) is 15.2. The van der Waals surface area contributed by atoms with E-state index in [4.69, 9.17) is 28.6 Å². The summed E-state index contributed by atoms with van der Waals surface area (Å²) in [5.41, 5.74) is 4.67. The van der Waals surface area contributed by atoms with Crippen LogP contribution in [0.2, 0.25) is 5.02 Å². The predicted molar refractivity (Wildman–Crippen MR) is 124 cm³/mol. The van der Waals surface area contributed by atoms with Gasteiger partial charge in [-0.05, 0) is 69.1 Å². The molecular formula is C21H19BrClN3OS. The summed E-state index contributed by atoms with van der Waals surface area (Å²) >= 11 is 15.0. The number of hydrazone groups is 1. The number of hydrogen-bond acceptors (Lipinski definition) is 3. The second-order valence-corrected chi connectivity index (χ2v) is 7.64. The minimum absolute atomic E-state index is 0.422. The smallest absolute Gasteiger partial charge is 0.186 e. The van der Waals surface area contributed by atoms with E-state index < -0.39 is 0 Å². The second-order valence-electron chi connectivity index (χ2n) is 5.97. The first-order chi connectivity index (χ1) is 13.6. The molecule has 7 heteroatoms. The van der Waals surface area contributed by atoms with Crippen LogP contribution < -0.4 is 15.5 Å². The van der Waals surface area contributed by atoms with E-state index in [1.165, 1.54) is 10.8 Å². The molecule has 144 valence electrons. The van der Waals surface area contributed by atoms with E-state index in [-0.39, 0.29) is 0 Å². The summed E-state index contributed by atoms with van der Waals surface area (Å²) < 4.78 is 6.78. The highest BCUT2D eigenvalue weighted by atomic mass is 79.9. The standard InChI is InChI=1S/C21H19BrClN3OS/c1-2-24-21(28)26-25-12-14-10-18(22)20(19(23)11-14)27-13-16-8-5-7-15-6-3-4-9-17(15)16/h3-12H,2,13H2,1H3,(H2,24,26,28). The summed E-state index contributed by atoms with van der Waals surface area (Å²) in [6.07, 6.45) is 1.65. The second kappa shape index (κ2) is 9.87. The third-order valence-corrected chi connectivity index (χ3v) is 5.10. The van der Waals surface area contributed by atoms with Crippen LogP contribution in [0.3, 0.4) is 0 Å². The zero-order valence-corrected chi connectivity index (χ0v) is 18.4. The number of hydrogen-bond donors (Lipinski definition) is 2. The summed E-state index contributed by atoms with van der Waals surface area (Å²) in [5, 5.41) is 10.4. The van der Waals surface area contributed by atoms with Crippen LogP contribution in [0.4, 0.5) is 0 Å². The number of halogens is 2. The Hall–Kier alpha value is -2.15. The Bertz CT molecular complexity index is 997. The lowest BCUT2D eigenvalue weighted by atomic mass is 10.1. The highest BCUT2D eigenvalue weighted by Crippen LogP contribution is 2.35. The maximum absolute atomic E-state index is 6.44. The molecule has 0 bridgehead atoms. The van der Waals surface area contributed by atoms with Crippen molar-refractivity contribution in [2.45, 2.75) is 13.5 Å². The van der Waals surface area contributed by atoms with Crippen LogP contribution in [0.1, 0.15) is 18.1 Å². The Kier molecular flexibility index (Phi) is 7.25. The Morgan fingerprint density at radius 3 is 2.79 bits per heavy atom. The Morgan fingerprint density at radius 1 is 1.21 bits per heavy atom. The summed E-state index contributed by atoms with van der Waals surface area (Å²) in [7, 11) is 0. The maximum atomic E-state index is 6.44. The third kappa shape index (κ3) is 5.22. The SMILES string of the molecule is CCNC(=S)NN=Cc1cc(Cl)c(OCc2cccc3ccccc23)c(Br)c1. The van der Waals surface area contributed by atoms with Gasteiger partial charge < -0.3 is 10.1 Å². The monoisotopic (exact) mass is 475 g/mol. The fourth-order valence-corrected chi connectivity index (χ4v) is 3.91. The molecule has 0 heterocycles. The quantitative estimate of drug-likeness (QED) is 0.274. The Morgan fingerprint density at radius 2 is 2.00 bits per heavy atom. The number of ether oxygens (including phenoxy) is 1. The minimum Gasteiger partial charge on any atom is -0.486 e. The first-order valence-corrected chi connectivity index (χ1v) is 10.3. The molecule has 0 saturated heterocycles. The molecule has 28 heavy (non-hydrogen) atoms. The minimum atomic E-state index is 0.422. The van der Waals surface area contributed by atoms with Crippen LogP contribution in [-0.2, 0) is 6.61 Å². The van der Waals surface area contributed by atoms with Crippen molar-refractivity contribution in [2.75, 3.05) is 6.54 Å². The lowest BCUT2D eigenvalue weighted by molar-refractivity contribution is 0.306. The predicted octanol–water partition coefficient (Wildman–Crippen LogP) is 5.65. The lowest BCUT2D eigenvalue weighted by Crippen LogP contribution is -2.31. The summed E-state index contributed by atoms with van der Waals surface area (Å²) in [6, 6.07) is 18.1. The number of fused-ring (bicyclic) bond motifs is 1. The molecule has 0 amide bonds. The van der Waals surface area contributed by atoms with Gasteiger partial charge in [0.1, 0.15) is 6.61 Å². The van der Waals surface area contributed by atoms with Crippen molar-refractivity contribution in [3.05, 3.63) is 75.2 Å². The number of nitrogens with one attached hydrogen (secondary N) is 2. The molecular weight excluding hydrogens is 458 g/mol. The van der Waals surface area contributed by atoms with Crippen LogP contribution >= 0.6 is 39.7 Å². The van der Waals surface area contributed by atoms with Crippen molar-refractivity contribution >= 4 is 61.8 Å². The summed E-state index contributed by atoms with van der Waals surface area (Å²) in [4.78, 5) is 0. The van der Waals surface area contributed by atoms with Gasteiger partial charge in [-0.3, -0.25) is 5.43 Å². The first kappa shape index (κ1) is 20.6. The molecule has 0 fully saturated rings. The molecule has 0 radical (unpaired) electrons. The van der Waals surface area contributed by atoms with E-state index in [1.807, 2.05) is 31.2 Å². The molecule has 0 aromatic heterocycles. The van der Waals surface area contributed by atoms with Crippen molar-refractivity contribution in [1.29, 1.82) is 0 Å². The van der Waals surface area contributed by atoms with Crippen LogP contribution in [0.5, 0.6) is 5.75 Å². The van der Waals surface area contributed by atoms with Gasteiger partial charge in [0, 0.05) is 6.54 Å². The summed E-state index contributed by atoms with van der Waals surface area (Å²) in [5.74, 6) is 0.600. The molecule has 0 unspecified atom stereocenters. The fraction of sp³-hybridized carbons (Fsp3) is 0.143. The van der Waals surface area contributed by atoms with Crippen molar-refractivity contribution in [2.24, 2.45) is 5.10 Å². The van der Waals surface area contributed by atoms with Crippen LogP contribution in [0, 0.1) is 0 Å². The molecule has 0 saturated carbocycles. The van der Waals surface area contributed by atoms with Crippen molar-refractivity contribution in [1.82, 2.24) is 10.7 Å². The average molecular weight is 477 g/mol. The molecule has 3 aromatic carbocycles. The molecule has 0 atom stereocenters. The average Bonchev–Trinajstić information content (AvgIpc) is 2.67. The van der Waals surface area contributed by atoms with Gasteiger partial charge in [0.15, 0.2) is 10.9 Å². The van der Waals surface area contributed by atoms with E-state index in [2.05, 4.69) is 56.0 Å². The van der Waals surface area contributed by atoms with Gasteiger partial charge in [-0.1, -0.05) is 54.1 Å². The van der Waals surface area contributed by atoms with Gasteiger partial charge in [0.25, 0.3) is 0 Å². The van der Waals surface area contributed by atoms with Gasteiger partial charge in [-0.2, -0.15) is 5.10 Å². The number of nitrogens with zero attached hydrogens (tertiary/aromatic N) is 1. The highest BCUT2D eigenvalue weighted by Gasteiger charge is 2.10. The Labute approximate surface area is 183 Å². The molecule has 2 N–H and O–H groups in total. The lowest BCUT2D eigenvalue weighted by Gasteiger charge is -2.12. The molecule has 0 aliphatic heterocycles. The van der Waals surface area contributed by atoms with Gasteiger partial charge in [-0.25, -0.2) is 0 Å². The topological polar surface area (TPSA) is 45.7 Å². The number of thiocarbonyl (C=S) groups is 1. The van der Waals surface area contributed by atoms with Gasteiger partial charge in [0.05, 0.1) is 15.7 Å². The van der Waals surface area contributed by atoms with Gasteiger partial charge in [0.2, 0.25) is 0 Å². The van der Waals surface area contributed by atoms with Crippen LogP contribution in [-0.4, -0.2) is 17.9 Å². The van der Waals surface area contributed by atoms with Crippen LogP contribution in [0.15, 0.2) is 64.2 Å². The molecule has 0 aliphatic rings. The fourth-order valence-electron chi connectivity index (χ4n) is 2.73. The van der Waals surface area contributed by atoms with E-state index in [0.717, 1.165) is 22.1 Å². The van der Waals surface area contributed by atoms with E-state index >= 15 is 0 Å². The third-order valence-electron chi connectivity index (χ3n) is 3.99. The van der Waals surface area contributed by atoms with E-state index in [0.29, 0.717) is 22.5 Å². The largest absolute Gasteiger partial charge is 0.486 e. The maximum Gasteiger partial charge on any atom is 0.186 e. The number of benzene rings is 3. The molecule has 3 aromatic rings. The normalized spacial score (nSPS) is 11.0. The van der Waals surface area contributed by atoms with E-state index in [1.54, 1.807) is 12.3 Å². The van der Waals surface area contributed by atoms with Gasteiger partial charge in [-0.15, -0.1) is 0 Å². The summed E-state index contributed by atoms with van der Waals surface area (Å²) in [6.45, 7) is 3.12. The zero-order chi connectivity index (χ0) is 19.9. The van der Waals surface area contributed by atoms with Crippen molar-refractivity contribution < 1.29 is 4.74 Å². The number of rotatable bonds is 6. The van der Waals surface area contributed by atoms with E-state index in [9.17, 15) is 0 Å². The Balaban J connectivity index is 1.72. The first-order valence-electron chi connectivity index (χ1n) is 8.74. The molecule has 4 nitrogen and oxygen atoms in total. The molecule has 0 aliphatic carbocycles. The highest BCUT2D eigenvalue weighted by molar-refractivity contribution is 9.10. The molecule has 0 spiro atoms. The van der Waals surface area contributed by atoms with Crippen molar-refractivity contribution in [3.8, 4) is 5.75 Å². The van der Waals surface area contributed by atoms with Gasteiger partial charge >= 0.3 is 0 Å². The molecule has 3 rings (SSSR count).